The number of ether oxygens (including phenoxy) is 2. The van der Waals surface area contributed by atoms with Gasteiger partial charge in [0.2, 0.25) is 23.7 Å². The predicted octanol–water partition coefficient (Wildman–Crippen LogP) is 4.09. The Kier molecular flexibility index (Phi) is 12.8. The van der Waals surface area contributed by atoms with Crippen LogP contribution in [0.3, 0.4) is 0 Å². The summed E-state index contributed by atoms with van der Waals surface area (Å²) in [6.45, 7) is 8.13. The number of carbonyl (C=O) groups is 6. The number of ketones is 1. The van der Waals surface area contributed by atoms with Crippen molar-refractivity contribution in [3.05, 3.63) is 54.4 Å². The number of nitrogens with zero attached hydrogens (tertiary/aromatic N) is 4. The van der Waals surface area contributed by atoms with Gasteiger partial charge in [0.1, 0.15) is 18.1 Å². The van der Waals surface area contributed by atoms with Gasteiger partial charge in [-0.15, -0.1) is 0 Å². The number of methoxy groups -OCH3 is 2. The molecule has 0 radical (unpaired) electrons. The van der Waals surface area contributed by atoms with Crippen LogP contribution in [0.2, 0.25) is 0 Å². The number of amides is 5. The molecule has 3 aromatic rings. The molecule has 3 heterocycles. The third-order valence-corrected chi connectivity index (χ3v) is 10.0. The number of carbonyl (C=O) groups excluding carboxylic acids is 6. The molecule has 15 nitrogen and oxygen atoms in total. The fraction of sp³-hybridized carbons (Fsp3) is 0.487. The van der Waals surface area contributed by atoms with Crippen molar-refractivity contribution in [2.45, 2.75) is 84.0 Å². The van der Waals surface area contributed by atoms with Crippen molar-refractivity contribution in [2.24, 2.45) is 11.8 Å². The van der Waals surface area contributed by atoms with Crippen molar-refractivity contribution in [3.8, 4) is 11.1 Å². The van der Waals surface area contributed by atoms with E-state index in [1.165, 1.54) is 19.1 Å². The van der Waals surface area contributed by atoms with Crippen LogP contribution in [-0.2, 0) is 35.1 Å². The van der Waals surface area contributed by atoms with Gasteiger partial charge in [0.15, 0.2) is 5.78 Å². The third-order valence-electron chi connectivity index (χ3n) is 10.0. The Bertz CT molecular complexity index is 1880. The fourth-order valence-corrected chi connectivity index (χ4v) is 7.06. The lowest BCUT2D eigenvalue weighted by atomic mass is 9.97. The molecule has 0 bridgehead atoms. The number of Topliss-reactive ketones (excluding diaryl/α,β-unsaturated/α-hetero) is 1. The smallest absolute Gasteiger partial charge is 0.407 e. The quantitative estimate of drug-likeness (QED) is 0.244. The van der Waals surface area contributed by atoms with Crippen LogP contribution in [0.15, 0.2) is 48.8 Å². The van der Waals surface area contributed by atoms with Crippen LogP contribution in [0.5, 0.6) is 0 Å². The molecule has 5 rings (SSSR count). The van der Waals surface area contributed by atoms with E-state index in [-0.39, 0.29) is 41.8 Å². The van der Waals surface area contributed by atoms with E-state index in [0.29, 0.717) is 38.8 Å². The summed E-state index contributed by atoms with van der Waals surface area (Å²) < 4.78 is 9.37. The SMILES string of the molecule is COC(=O)N[C@H](C(=O)N1CCC[C@H]1C(=O)Cc1ccc2cc(-c3cnc(NC(=O)[C@@H]4CCCN4C(=O)[C@@H](NC(=O)OC)C(C)C)nc3)ccc2c1)C(C)C. The monoisotopic (exact) mass is 743 g/mol. The van der Waals surface area contributed by atoms with Crippen LogP contribution in [0.4, 0.5) is 15.5 Å². The highest BCUT2D eigenvalue weighted by Crippen LogP contribution is 2.27. The molecular formula is C39H49N7O8. The Labute approximate surface area is 314 Å². The van der Waals surface area contributed by atoms with E-state index in [0.717, 1.165) is 27.5 Å². The molecule has 3 N–H and O–H groups in total. The van der Waals surface area contributed by atoms with Crippen molar-refractivity contribution in [1.29, 1.82) is 0 Å². The van der Waals surface area contributed by atoms with Crippen molar-refractivity contribution >= 4 is 52.4 Å². The zero-order chi connectivity index (χ0) is 39.1. The van der Waals surface area contributed by atoms with Crippen molar-refractivity contribution in [3.63, 3.8) is 0 Å². The van der Waals surface area contributed by atoms with Crippen molar-refractivity contribution in [2.75, 3.05) is 32.6 Å². The molecular weight excluding hydrogens is 694 g/mol. The lowest BCUT2D eigenvalue weighted by molar-refractivity contribution is -0.139. The van der Waals surface area contributed by atoms with Crippen LogP contribution in [0.25, 0.3) is 21.9 Å². The van der Waals surface area contributed by atoms with Gasteiger partial charge in [-0.1, -0.05) is 58.0 Å². The Balaban J connectivity index is 1.21. The standard InChI is InChI=1S/C39H49N7O8/c1-22(2)32(42-38(51)53-5)35(49)45-15-7-9-29(45)31(47)18-24-11-12-26-19-27(14-13-25(26)17-24)28-20-40-37(41-21-28)44-34(48)30-10-8-16-46(30)36(50)33(23(3)4)43-39(52)54-6/h11-14,17,19-23,29-30,32-33H,7-10,15-16,18H2,1-6H3,(H,42,51)(H,43,52)(H,40,41,44,48)/t29-,30-,32-,33-/m0/s1. The molecule has 0 saturated carbocycles. The fourth-order valence-electron chi connectivity index (χ4n) is 7.06. The maximum absolute atomic E-state index is 13.5. The molecule has 288 valence electrons. The average molecular weight is 744 g/mol. The molecule has 2 fully saturated rings. The third kappa shape index (κ3) is 9.12. The van der Waals surface area contributed by atoms with Crippen molar-refractivity contribution in [1.82, 2.24) is 30.4 Å². The maximum Gasteiger partial charge on any atom is 0.407 e. The van der Waals surface area contributed by atoms with E-state index >= 15 is 0 Å². The average Bonchev–Trinajstić information content (AvgIpc) is 3.86. The highest BCUT2D eigenvalue weighted by molar-refractivity contribution is 5.98. The summed E-state index contributed by atoms with van der Waals surface area (Å²) in [7, 11) is 2.47. The minimum atomic E-state index is -0.834. The minimum Gasteiger partial charge on any atom is -0.453 e. The van der Waals surface area contributed by atoms with E-state index in [1.807, 2.05) is 64.1 Å². The van der Waals surface area contributed by atoms with Crippen molar-refractivity contribution < 1.29 is 38.2 Å². The summed E-state index contributed by atoms with van der Waals surface area (Å²) in [5, 5.41) is 9.80. The van der Waals surface area contributed by atoms with E-state index in [1.54, 1.807) is 17.3 Å². The topological polar surface area (TPSA) is 189 Å². The molecule has 2 aromatic carbocycles. The summed E-state index contributed by atoms with van der Waals surface area (Å²) >= 11 is 0. The van der Waals surface area contributed by atoms with Gasteiger partial charge in [0.25, 0.3) is 0 Å². The number of rotatable bonds is 12. The van der Waals surface area contributed by atoms with Crippen LogP contribution in [-0.4, -0.2) is 107 Å². The van der Waals surface area contributed by atoms with Gasteiger partial charge >= 0.3 is 12.2 Å². The number of aromatic nitrogens is 2. The second kappa shape index (κ2) is 17.5. The van der Waals surface area contributed by atoms with Gasteiger partial charge in [-0.05, 0) is 65.5 Å². The molecule has 1 aromatic heterocycles. The normalized spacial score (nSPS) is 18.0. The first-order chi connectivity index (χ1) is 25.8. The summed E-state index contributed by atoms with van der Waals surface area (Å²) in [6.07, 6.45) is 4.39. The summed E-state index contributed by atoms with van der Waals surface area (Å²) in [6, 6.07) is 8.78. The Morgan fingerprint density at radius 1 is 0.722 bits per heavy atom. The minimum absolute atomic E-state index is 0.0516. The number of hydrogen-bond donors (Lipinski definition) is 3. The van der Waals surface area contributed by atoms with Gasteiger partial charge in [-0.25, -0.2) is 19.6 Å². The highest BCUT2D eigenvalue weighted by atomic mass is 16.5. The Morgan fingerprint density at radius 2 is 1.24 bits per heavy atom. The van der Waals surface area contributed by atoms with E-state index in [4.69, 9.17) is 4.74 Å². The Hall–Kier alpha value is -5.60. The van der Waals surface area contributed by atoms with Crippen LogP contribution >= 0.6 is 0 Å². The first-order valence-electron chi connectivity index (χ1n) is 18.3. The zero-order valence-corrected chi connectivity index (χ0v) is 31.6. The molecule has 2 saturated heterocycles. The van der Waals surface area contributed by atoms with E-state index in [9.17, 15) is 28.8 Å². The van der Waals surface area contributed by atoms with Gasteiger partial charge in [-0.3, -0.25) is 24.5 Å². The molecule has 0 spiro atoms. The number of hydrogen-bond acceptors (Lipinski definition) is 10. The largest absolute Gasteiger partial charge is 0.453 e. The lowest BCUT2D eigenvalue weighted by Crippen LogP contribution is -2.54. The molecule has 0 aliphatic carbocycles. The number of benzene rings is 2. The lowest BCUT2D eigenvalue weighted by Gasteiger charge is -2.30. The summed E-state index contributed by atoms with van der Waals surface area (Å²) in [5.41, 5.74) is 2.42. The number of likely N-dealkylation sites (tertiary alicyclic amines) is 2. The summed E-state index contributed by atoms with van der Waals surface area (Å²) in [4.78, 5) is 89.0. The van der Waals surface area contributed by atoms with Gasteiger partial charge < -0.3 is 29.9 Å². The van der Waals surface area contributed by atoms with Gasteiger partial charge in [0, 0.05) is 37.5 Å². The van der Waals surface area contributed by atoms with Crippen LogP contribution < -0.4 is 16.0 Å². The number of anilines is 1. The van der Waals surface area contributed by atoms with E-state index in [2.05, 4.69) is 30.7 Å². The molecule has 15 heteroatoms. The molecule has 54 heavy (non-hydrogen) atoms. The van der Waals surface area contributed by atoms with Crippen LogP contribution in [0, 0.1) is 11.8 Å². The molecule has 2 aliphatic heterocycles. The van der Waals surface area contributed by atoms with Crippen LogP contribution in [0.1, 0.15) is 58.9 Å². The Morgan fingerprint density at radius 3 is 1.80 bits per heavy atom. The number of alkyl carbamates (subject to hydrolysis) is 2. The second-order valence-corrected chi connectivity index (χ2v) is 14.4. The highest BCUT2D eigenvalue weighted by Gasteiger charge is 2.40. The molecule has 0 unspecified atom stereocenters. The zero-order valence-electron chi connectivity index (χ0n) is 31.6. The number of nitrogens with one attached hydrogen (secondary N) is 3. The van der Waals surface area contributed by atoms with Gasteiger partial charge in [-0.2, -0.15) is 0 Å². The maximum atomic E-state index is 13.5. The number of fused-ring (bicyclic) bond motifs is 1. The van der Waals surface area contributed by atoms with E-state index < -0.39 is 42.3 Å². The first kappa shape index (κ1) is 39.6. The first-order valence-corrected chi connectivity index (χ1v) is 18.3. The molecule has 4 atom stereocenters. The molecule has 5 amide bonds. The second-order valence-electron chi connectivity index (χ2n) is 14.4. The molecule has 2 aliphatic rings. The van der Waals surface area contributed by atoms with Gasteiger partial charge in [0.05, 0.1) is 20.3 Å². The summed E-state index contributed by atoms with van der Waals surface area (Å²) in [5.74, 6) is -1.38. The predicted molar refractivity (Wildman–Crippen MR) is 200 cm³/mol.